The van der Waals surface area contributed by atoms with Crippen molar-refractivity contribution < 1.29 is 112 Å². The van der Waals surface area contributed by atoms with Gasteiger partial charge in [0.1, 0.15) is 12.6 Å². The second kappa shape index (κ2) is 41.2. The Bertz CT molecular complexity index is 806. The fourth-order valence-electron chi connectivity index (χ4n) is 4.74. The van der Waals surface area contributed by atoms with Crippen LogP contribution in [0.2, 0.25) is 0 Å². The van der Waals surface area contributed by atoms with E-state index < -0.39 is 51.1 Å². The molecule has 12 nitrogen and oxygen atoms in total. The number of nitrogens with two attached hydrogens (primary N) is 1. The molecular formula is C34H66NNa2O11P. The molecule has 0 saturated carbocycles. The first-order valence-corrected chi connectivity index (χ1v) is 19.5. The molecule has 0 radical (unpaired) electrons. The Labute approximate surface area is 341 Å². The van der Waals surface area contributed by atoms with Gasteiger partial charge in [0.25, 0.3) is 0 Å². The molecule has 49 heavy (non-hydrogen) atoms. The van der Waals surface area contributed by atoms with E-state index >= 15 is 0 Å². The number of carboxylic acid groups (broad SMARTS) is 1. The van der Waals surface area contributed by atoms with Gasteiger partial charge in [-0.1, -0.05) is 142 Å². The number of ether oxygens (including phenoxy) is 2. The molecule has 280 valence electrons. The standard InChI is InChI=1S/C31H61O8P.C3H7NO3.2Na/c1-3-5-7-9-11-13-15-17-19-21-23-25-30(32)37-27-29(28-38-40(34,35)36)39-31(33)26-24-22-20-18-16-14-12-10-8-6-4-2;4-2(1-5)3(6)7;;/h29H,3-28H2,1-2H3,(H2,34,35,36);2,5H,1,4H2,(H,6,7);;/q;;2*+1/p-2. The molecule has 4 N–H and O–H groups in total. The van der Waals surface area contributed by atoms with Gasteiger partial charge in [0.05, 0.1) is 21.0 Å². The smallest absolute Gasteiger partial charge is 0.790 e. The van der Waals surface area contributed by atoms with E-state index in [2.05, 4.69) is 18.4 Å². The van der Waals surface area contributed by atoms with Crippen LogP contribution in [-0.4, -0.2) is 60.1 Å². The van der Waals surface area contributed by atoms with Gasteiger partial charge in [0.15, 0.2) is 6.10 Å². The predicted molar refractivity (Wildman–Crippen MR) is 179 cm³/mol. The van der Waals surface area contributed by atoms with E-state index in [1.807, 2.05) is 0 Å². The Hall–Kier alpha value is 0.440. The molecule has 0 aromatic carbocycles. The minimum atomic E-state index is -5.23. The molecule has 0 heterocycles. The van der Waals surface area contributed by atoms with Crippen LogP contribution < -0.4 is 74.6 Å². The number of carbonyl (C=O) groups excluding carboxylic acids is 2. The molecule has 0 saturated heterocycles. The zero-order valence-corrected chi connectivity index (χ0v) is 36.2. The van der Waals surface area contributed by atoms with Crippen molar-refractivity contribution in [1.82, 2.24) is 0 Å². The minimum Gasteiger partial charge on any atom is -0.790 e. The molecule has 0 rings (SSSR count). The van der Waals surface area contributed by atoms with Gasteiger partial charge in [-0.3, -0.25) is 14.4 Å². The Morgan fingerprint density at radius 2 is 0.980 bits per heavy atom. The molecule has 0 aromatic heterocycles. The van der Waals surface area contributed by atoms with Crippen molar-refractivity contribution in [3.63, 3.8) is 0 Å². The molecule has 0 aromatic rings. The van der Waals surface area contributed by atoms with Crippen molar-refractivity contribution >= 4 is 25.7 Å². The number of aliphatic hydroxyl groups is 1. The average Bonchev–Trinajstić information content (AvgIpc) is 3.03. The van der Waals surface area contributed by atoms with Gasteiger partial charge < -0.3 is 44.3 Å². The van der Waals surface area contributed by atoms with Gasteiger partial charge in [0.2, 0.25) is 0 Å². The maximum Gasteiger partial charge on any atom is 1.00 e. The Morgan fingerprint density at radius 3 is 1.29 bits per heavy atom. The number of unbranched alkanes of at least 4 members (excludes halogenated alkanes) is 20. The van der Waals surface area contributed by atoms with Gasteiger partial charge in [0, 0.05) is 12.8 Å². The maximum atomic E-state index is 12.2. The van der Waals surface area contributed by atoms with Crippen molar-refractivity contribution in [2.24, 2.45) is 5.73 Å². The summed E-state index contributed by atoms with van der Waals surface area (Å²) in [7, 11) is -5.23. The molecule has 2 unspecified atom stereocenters. The van der Waals surface area contributed by atoms with Gasteiger partial charge in [-0.25, -0.2) is 0 Å². The summed E-state index contributed by atoms with van der Waals surface area (Å²) in [6, 6.07) is -1.13. The summed E-state index contributed by atoms with van der Waals surface area (Å²) in [5.74, 6) is -2.13. The van der Waals surface area contributed by atoms with Crippen LogP contribution in [0.4, 0.5) is 0 Å². The van der Waals surface area contributed by atoms with Crippen molar-refractivity contribution in [3.8, 4) is 0 Å². The van der Waals surface area contributed by atoms with Crippen molar-refractivity contribution in [2.75, 3.05) is 19.8 Å². The zero-order chi connectivity index (χ0) is 35.6. The summed E-state index contributed by atoms with van der Waals surface area (Å²) >= 11 is 0. The number of aliphatic hydroxyl groups excluding tert-OH is 1. The molecule has 0 aliphatic carbocycles. The summed E-state index contributed by atoms with van der Waals surface area (Å²) in [6.45, 7) is 2.95. The second-order valence-electron chi connectivity index (χ2n) is 12.2. The molecule has 0 aliphatic rings. The normalized spacial score (nSPS) is 12.0. The zero-order valence-electron chi connectivity index (χ0n) is 31.3. The number of carboxylic acids is 1. The first kappa shape index (κ1) is 56.2. The first-order chi connectivity index (χ1) is 22.5. The fraction of sp³-hybridized carbons (Fsp3) is 0.912. The van der Waals surface area contributed by atoms with Crippen LogP contribution >= 0.6 is 7.82 Å². The SMILES string of the molecule is CCCCCCCCCCCCCC(=O)OCC(COP(=O)([O-])[O-])OC(=O)CCCCCCCCCCCCC.NC(CO)C(=O)O.[Na+].[Na+]. The third-order valence-corrected chi connectivity index (χ3v) is 8.09. The number of esters is 2. The third kappa shape index (κ3) is 46.4. The number of hydrogen-bond donors (Lipinski definition) is 3. The minimum absolute atomic E-state index is 0. The molecule has 15 heteroatoms. The molecule has 2 atom stereocenters. The summed E-state index contributed by atoms with van der Waals surface area (Å²) in [5, 5.41) is 15.9. The first-order valence-electron chi connectivity index (χ1n) is 18.1. The number of phosphoric acid groups is 1. The van der Waals surface area contributed by atoms with Crippen LogP contribution in [-0.2, 0) is 32.9 Å². The summed E-state index contributed by atoms with van der Waals surface area (Å²) in [5.41, 5.74) is 4.77. The topological polar surface area (TPSA) is 209 Å². The molecule has 0 spiro atoms. The number of hydrogen-bond acceptors (Lipinski definition) is 11. The van der Waals surface area contributed by atoms with Crippen LogP contribution in [0, 0.1) is 0 Å². The maximum absolute atomic E-state index is 12.2. The van der Waals surface area contributed by atoms with E-state index in [0.29, 0.717) is 12.8 Å². The largest absolute Gasteiger partial charge is 1.00 e. The van der Waals surface area contributed by atoms with E-state index in [9.17, 15) is 28.7 Å². The summed E-state index contributed by atoms with van der Waals surface area (Å²) in [4.78, 5) is 55.7. The summed E-state index contributed by atoms with van der Waals surface area (Å²) < 4.78 is 25.6. The van der Waals surface area contributed by atoms with Gasteiger partial charge in [-0.05, 0) is 12.8 Å². The van der Waals surface area contributed by atoms with Crippen LogP contribution in [0.3, 0.4) is 0 Å². The van der Waals surface area contributed by atoms with Gasteiger partial charge in [-0.15, -0.1) is 0 Å². The average molecular weight is 742 g/mol. The van der Waals surface area contributed by atoms with E-state index in [-0.39, 0.29) is 78.6 Å². The Kier molecular flexibility index (Phi) is 47.2. The number of aliphatic carboxylic acids is 1. The van der Waals surface area contributed by atoms with Crippen LogP contribution in [0.1, 0.15) is 168 Å². The molecule has 0 amide bonds. The predicted octanol–water partition coefficient (Wildman–Crippen LogP) is 0.0875. The van der Waals surface area contributed by atoms with Gasteiger partial charge >= 0.3 is 77.0 Å². The third-order valence-electron chi connectivity index (χ3n) is 7.63. The van der Waals surface area contributed by atoms with Crippen molar-refractivity contribution in [2.45, 2.75) is 180 Å². The Morgan fingerprint density at radius 1 is 0.633 bits per heavy atom. The van der Waals surface area contributed by atoms with Crippen LogP contribution in [0.5, 0.6) is 0 Å². The molecular weight excluding hydrogens is 675 g/mol. The van der Waals surface area contributed by atoms with Crippen LogP contribution in [0.25, 0.3) is 0 Å². The molecule has 0 fully saturated rings. The van der Waals surface area contributed by atoms with Crippen LogP contribution in [0.15, 0.2) is 0 Å². The number of carbonyl (C=O) groups is 3. The second-order valence-corrected chi connectivity index (χ2v) is 13.4. The molecule has 0 bridgehead atoms. The Balaban J connectivity index is -0.00000101. The van der Waals surface area contributed by atoms with Gasteiger partial charge in [-0.2, -0.15) is 0 Å². The van der Waals surface area contributed by atoms with E-state index in [4.69, 9.17) is 25.4 Å². The van der Waals surface area contributed by atoms with E-state index in [1.165, 1.54) is 96.3 Å². The van der Waals surface area contributed by atoms with E-state index in [0.717, 1.165) is 32.1 Å². The quantitative estimate of drug-likeness (QED) is 0.0363. The van der Waals surface area contributed by atoms with Crippen molar-refractivity contribution in [1.29, 1.82) is 0 Å². The fourth-order valence-corrected chi connectivity index (χ4v) is 5.09. The molecule has 0 aliphatic heterocycles. The van der Waals surface area contributed by atoms with E-state index in [1.54, 1.807) is 0 Å². The monoisotopic (exact) mass is 741 g/mol. The number of phosphoric ester groups is 1. The van der Waals surface area contributed by atoms with Crippen molar-refractivity contribution in [3.05, 3.63) is 0 Å². The number of rotatable bonds is 32. The summed E-state index contributed by atoms with van der Waals surface area (Å²) in [6.07, 6.45) is 25.0.